The molecule has 1 fully saturated rings. The summed E-state index contributed by atoms with van der Waals surface area (Å²) < 4.78 is 16.2. The molecule has 2 rings (SSSR count). The number of benzene rings is 1. The number of rotatable bonds is 4. The van der Waals surface area contributed by atoms with Crippen LogP contribution in [0.2, 0.25) is 0 Å². The van der Waals surface area contributed by atoms with Gasteiger partial charge in [0.15, 0.2) is 11.5 Å². The number of methoxy groups -OCH3 is 3. The van der Waals surface area contributed by atoms with Gasteiger partial charge < -0.3 is 19.5 Å². The van der Waals surface area contributed by atoms with E-state index >= 15 is 0 Å². The lowest BCUT2D eigenvalue weighted by Crippen LogP contribution is -2.21. The second-order valence-electron chi connectivity index (χ2n) is 4.81. The van der Waals surface area contributed by atoms with Gasteiger partial charge in [0.25, 0.3) is 0 Å². The van der Waals surface area contributed by atoms with E-state index in [1.165, 1.54) is 19.3 Å². The van der Waals surface area contributed by atoms with Crippen LogP contribution in [0.5, 0.6) is 17.2 Å². The Balaban J connectivity index is 2.36. The summed E-state index contributed by atoms with van der Waals surface area (Å²) in [5.74, 6) is 2.32. The third-order valence-electron chi connectivity index (χ3n) is 3.67. The molecule has 4 heteroatoms. The molecule has 4 nitrogen and oxygen atoms in total. The van der Waals surface area contributed by atoms with Crippen LogP contribution in [0.3, 0.4) is 0 Å². The third-order valence-corrected chi connectivity index (χ3v) is 3.67. The van der Waals surface area contributed by atoms with Crippen LogP contribution in [-0.2, 0) is 0 Å². The maximum atomic E-state index is 5.51. The van der Waals surface area contributed by atoms with Gasteiger partial charge in [-0.25, -0.2) is 0 Å². The summed E-state index contributed by atoms with van der Waals surface area (Å²) >= 11 is 0. The maximum Gasteiger partial charge on any atom is 0.164 e. The molecular formula is C15H23NO3. The molecule has 1 aliphatic rings. The molecular weight excluding hydrogens is 242 g/mol. The molecule has 106 valence electrons. The molecule has 1 N–H and O–H groups in total. The van der Waals surface area contributed by atoms with Crippen molar-refractivity contribution in [3.8, 4) is 17.2 Å². The average molecular weight is 265 g/mol. The molecule has 0 aliphatic carbocycles. The van der Waals surface area contributed by atoms with E-state index in [1.807, 2.05) is 12.1 Å². The minimum atomic E-state index is 0.331. The molecule has 0 radical (unpaired) electrons. The number of nitrogens with one attached hydrogen (secondary N) is 1. The Kier molecular flexibility index (Phi) is 4.91. The van der Waals surface area contributed by atoms with E-state index in [4.69, 9.17) is 14.2 Å². The first-order valence-corrected chi connectivity index (χ1v) is 6.83. The average Bonchev–Trinajstić information content (AvgIpc) is 2.74. The van der Waals surface area contributed by atoms with Crippen LogP contribution in [0, 0.1) is 0 Å². The summed E-state index contributed by atoms with van der Waals surface area (Å²) in [5, 5.41) is 3.59. The quantitative estimate of drug-likeness (QED) is 0.908. The van der Waals surface area contributed by atoms with Crippen LogP contribution < -0.4 is 19.5 Å². The standard InChI is InChI=1S/C15H23NO3/c1-17-13-10-15(19-3)14(18-2)9-11(13)12-7-5-4-6-8-16-12/h9-10,12,16H,4-8H2,1-3H3. The lowest BCUT2D eigenvalue weighted by Gasteiger charge is -2.21. The molecule has 0 amide bonds. The molecule has 1 aromatic rings. The lowest BCUT2D eigenvalue weighted by molar-refractivity contribution is 0.344. The summed E-state index contributed by atoms with van der Waals surface area (Å²) in [6, 6.07) is 4.26. The van der Waals surface area contributed by atoms with Gasteiger partial charge in [-0.2, -0.15) is 0 Å². The van der Waals surface area contributed by atoms with Crippen molar-refractivity contribution >= 4 is 0 Å². The summed E-state index contributed by atoms with van der Waals surface area (Å²) in [4.78, 5) is 0. The molecule has 0 saturated carbocycles. The Morgan fingerprint density at radius 1 is 0.895 bits per heavy atom. The molecule has 1 saturated heterocycles. The highest BCUT2D eigenvalue weighted by molar-refractivity contribution is 5.51. The summed E-state index contributed by atoms with van der Waals surface area (Å²) in [5.41, 5.74) is 1.15. The predicted molar refractivity (Wildman–Crippen MR) is 75.3 cm³/mol. The zero-order chi connectivity index (χ0) is 13.7. The normalized spacial score (nSPS) is 19.6. The van der Waals surface area contributed by atoms with E-state index in [9.17, 15) is 0 Å². The third kappa shape index (κ3) is 3.13. The van der Waals surface area contributed by atoms with Crippen LogP contribution >= 0.6 is 0 Å². The molecule has 1 atom stereocenters. The number of hydrogen-bond donors (Lipinski definition) is 1. The van der Waals surface area contributed by atoms with Crippen LogP contribution in [0.4, 0.5) is 0 Å². The Bertz CT molecular complexity index is 412. The van der Waals surface area contributed by atoms with Crippen molar-refractivity contribution in [2.45, 2.75) is 31.7 Å². The van der Waals surface area contributed by atoms with E-state index in [1.54, 1.807) is 21.3 Å². The first-order valence-electron chi connectivity index (χ1n) is 6.83. The zero-order valence-corrected chi connectivity index (χ0v) is 12.0. The molecule has 19 heavy (non-hydrogen) atoms. The Morgan fingerprint density at radius 2 is 1.58 bits per heavy atom. The largest absolute Gasteiger partial charge is 0.496 e. The molecule has 1 aromatic carbocycles. The summed E-state index contributed by atoms with van der Waals surface area (Å²) in [7, 11) is 5.00. The fourth-order valence-electron chi connectivity index (χ4n) is 2.62. The van der Waals surface area contributed by atoms with Crippen molar-refractivity contribution in [2.75, 3.05) is 27.9 Å². The Labute approximate surface area is 115 Å². The summed E-state index contributed by atoms with van der Waals surface area (Å²) in [6.07, 6.45) is 4.91. The minimum Gasteiger partial charge on any atom is -0.496 e. The van der Waals surface area contributed by atoms with Crippen LogP contribution in [0.25, 0.3) is 0 Å². The first-order chi connectivity index (χ1) is 9.30. The highest BCUT2D eigenvalue weighted by Crippen LogP contribution is 2.39. The SMILES string of the molecule is COc1cc(OC)c(C2CCCCCN2)cc1OC. The van der Waals surface area contributed by atoms with Crippen molar-refractivity contribution in [3.63, 3.8) is 0 Å². The van der Waals surface area contributed by atoms with Gasteiger partial charge in [-0.05, 0) is 25.5 Å². The Hall–Kier alpha value is -1.42. The smallest absolute Gasteiger partial charge is 0.164 e. The van der Waals surface area contributed by atoms with Gasteiger partial charge in [0.2, 0.25) is 0 Å². The molecule has 0 bridgehead atoms. The van der Waals surface area contributed by atoms with Gasteiger partial charge in [-0.15, -0.1) is 0 Å². The molecule has 1 unspecified atom stereocenters. The number of hydrogen-bond acceptors (Lipinski definition) is 4. The van der Waals surface area contributed by atoms with Gasteiger partial charge >= 0.3 is 0 Å². The highest BCUT2D eigenvalue weighted by atomic mass is 16.5. The van der Waals surface area contributed by atoms with Crippen molar-refractivity contribution in [1.29, 1.82) is 0 Å². The van der Waals surface area contributed by atoms with Crippen molar-refractivity contribution in [2.24, 2.45) is 0 Å². The molecule has 0 aromatic heterocycles. The van der Waals surface area contributed by atoms with E-state index in [-0.39, 0.29) is 0 Å². The van der Waals surface area contributed by atoms with Gasteiger partial charge in [0, 0.05) is 17.7 Å². The van der Waals surface area contributed by atoms with Crippen LogP contribution in [0.1, 0.15) is 37.3 Å². The number of ether oxygens (including phenoxy) is 3. The van der Waals surface area contributed by atoms with Gasteiger partial charge in [0.1, 0.15) is 5.75 Å². The van der Waals surface area contributed by atoms with Crippen molar-refractivity contribution < 1.29 is 14.2 Å². The van der Waals surface area contributed by atoms with Gasteiger partial charge in [0.05, 0.1) is 21.3 Å². The highest BCUT2D eigenvalue weighted by Gasteiger charge is 2.20. The van der Waals surface area contributed by atoms with Crippen LogP contribution in [-0.4, -0.2) is 27.9 Å². The monoisotopic (exact) mass is 265 g/mol. The summed E-state index contributed by atoms with van der Waals surface area (Å²) in [6.45, 7) is 1.06. The van der Waals surface area contributed by atoms with E-state index in [0.29, 0.717) is 11.8 Å². The van der Waals surface area contributed by atoms with Gasteiger partial charge in [-0.3, -0.25) is 0 Å². The van der Waals surface area contributed by atoms with E-state index in [2.05, 4.69) is 5.32 Å². The fourth-order valence-corrected chi connectivity index (χ4v) is 2.62. The van der Waals surface area contributed by atoms with Crippen LogP contribution in [0.15, 0.2) is 12.1 Å². The van der Waals surface area contributed by atoms with Crippen molar-refractivity contribution in [3.05, 3.63) is 17.7 Å². The molecule has 0 spiro atoms. The molecule has 1 aliphatic heterocycles. The molecule has 1 heterocycles. The lowest BCUT2D eigenvalue weighted by atomic mass is 10.0. The zero-order valence-electron chi connectivity index (χ0n) is 12.0. The van der Waals surface area contributed by atoms with E-state index < -0.39 is 0 Å². The first kappa shape index (κ1) is 14.0. The predicted octanol–water partition coefficient (Wildman–Crippen LogP) is 2.92. The second-order valence-corrected chi connectivity index (χ2v) is 4.81. The van der Waals surface area contributed by atoms with Crippen molar-refractivity contribution in [1.82, 2.24) is 5.32 Å². The second kappa shape index (κ2) is 6.66. The van der Waals surface area contributed by atoms with E-state index in [0.717, 1.165) is 30.0 Å². The maximum absolute atomic E-state index is 5.51. The topological polar surface area (TPSA) is 39.7 Å². The fraction of sp³-hybridized carbons (Fsp3) is 0.600. The van der Waals surface area contributed by atoms with Gasteiger partial charge in [-0.1, -0.05) is 12.8 Å². The minimum absolute atomic E-state index is 0.331. The Morgan fingerprint density at radius 3 is 2.26 bits per heavy atom.